The number of methoxy groups -OCH3 is 2. The number of nitrogens with one attached hydrogen (secondary N) is 1. The molecular weight excluding hydrogens is 456 g/mol. The Hall–Kier alpha value is -3.72. The number of ether oxygens (including phenoxy) is 3. The fourth-order valence-electron chi connectivity index (χ4n) is 3.32. The van der Waals surface area contributed by atoms with Crippen LogP contribution in [0.4, 0.5) is 11.4 Å². The minimum atomic E-state index is -3.53. The maximum atomic E-state index is 12.7. The van der Waals surface area contributed by atoms with E-state index in [9.17, 15) is 13.2 Å². The van der Waals surface area contributed by atoms with Gasteiger partial charge in [0.25, 0.3) is 5.91 Å². The van der Waals surface area contributed by atoms with Gasteiger partial charge >= 0.3 is 0 Å². The molecule has 34 heavy (non-hydrogen) atoms. The first-order valence-corrected chi connectivity index (χ1v) is 12.4. The maximum Gasteiger partial charge on any atom is 0.255 e. The van der Waals surface area contributed by atoms with Crippen molar-refractivity contribution in [2.24, 2.45) is 0 Å². The first kappa shape index (κ1) is 24.9. The Morgan fingerprint density at radius 3 is 2.12 bits per heavy atom. The van der Waals surface area contributed by atoms with Gasteiger partial charge in [0.15, 0.2) is 11.5 Å². The number of carbonyl (C=O) groups excluding carboxylic acids is 1. The molecule has 9 heteroatoms. The molecule has 0 aliphatic rings. The van der Waals surface area contributed by atoms with Crippen LogP contribution in [0, 0.1) is 0 Å². The highest BCUT2D eigenvalue weighted by molar-refractivity contribution is 7.92. The van der Waals surface area contributed by atoms with E-state index >= 15 is 0 Å². The van der Waals surface area contributed by atoms with Crippen LogP contribution in [0.3, 0.4) is 0 Å². The van der Waals surface area contributed by atoms with Crippen LogP contribution in [0.15, 0.2) is 66.7 Å². The van der Waals surface area contributed by atoms with E-state index in [1.54, 1.807) is 73.8 Å². The lowest BCUT2D eigenvalue weighted by Gasteiger charge is -2.23. The van der Waals surface area contributed by atoms with Gasteiger partial charge in [0, 0.05) is 17.3 Å². The third kappa shape index (κ3) is 6.20. The summed E-state index contributed by atoms with van der Waals surface area (Å²) < 4.78 is 42.1. The zero-order valence-electron chi connectivity index (χ0n) is 19.6. The van der Waals surface area contributed by atoms with E-state index in [1.807, 2.05) is 6.92 Å². The summed E-state index contributed by atoms with van der Waals surface area (Å²) in [7, 11) is -0.466. The summed E-state index contributed by atoms with van der Waals surface area (Å²) in [6.07, 6.45) is 1.16. The Labute approximate surface area is 200 Å². The molecule has 1 N–H and O–H groups in total. The molecule has 0 aromatic heterocycles. The molecule has 0 atom stereocenters. The zero-order valence-corrected chi connectivity index (χ0v) is 20.4. The molecule has 0 fully saturated rings. The molecule has 0 spiro atoms. The second kappa shape index (κ2) is 10.9. The average molecular weight is 485 g/mol. The molecule has 0 aliphatic heterocycles. The normalized spacial score (nSPS) is 10.9. The van der Waals surface area contributed by atoms with Crippen LogP contribution < -0.4 is 23.8 Å². The molecular formula is C25H28N2O6S. The first-order chi connectivity index (χ1) is 16.2. The largest absolute Gasteiger partial charge is 0.494 e. The summed E-state index contributed by atoms with van der Waals surface area (Å²) >= 11 is 0. The van der Waals surface area contributed by atoms with Gasteiger partial charge in [-0.25, -0.2) is 8.42 Å². The number of benzene rings is 3. The molecule has 0 bridgehead atoms. The number of rotatable bonds is 10. The highest BCUT2D eigenvalue weighted by Crippen LogP contribution is 2.30. The lowest BCUT2D eigenvalue weighted by molar-refractivity contribution is 0.102. The minimum Gasteiger partial charge on any atom is -0.494 e. The first-order valence-electron chi connectivity index (χ1n) is 10.6. The molecule has 0 aliphatic carbocycles. The van der Waals surface area contributed by atoms with Gasteiger partial charge in [-0.05, 0) is 61.0 Å². The lowest BCUT2D eigenvalue weighted by Crippen LogP contribution is -2.29. The standard InChI is InChI=1S/C25H28N2O6S/c1-5-33-22-13-11-21(12-14-22)27(34(4,29)30)17-18-6-8-19(9-7-18)25(28)26-20-10-15-23(31-2)24(16-20)32-3/h6-16H,5,17H2,1-4H3,(H,26,28). The van der Waals surface area contributed by atoms with Crippen LogP contribution in [0.2, 0.25) is 0 Å². The molecule has 3 aromatic carbocycles. The number of sulfonamides is 1. The van der Waals surface area contributed by atoms with Crippen LogP contribution in [0.1, 0.15) is 22.8 Å². The second-order valence-corrected chi connectivity index (χ2v) is 9.32. The number of anilines is 2. The molecule has 3 rings (SSSR count). The second-order valence-electron chi connectivity index (χ2n) is 7.42. The predicted molar refractivity (Wildman–Crippen MR) is 133 cm³/mol. The molecule has 8 nitrogen and oxygen atoms in total. The van der Waals surface area contributed by atoms with Gasteiger partial charge in [0.1, 0.15) is 5.75 Å². The summed E-state index contributed by atoms with van der Waals surface area (Å²) in [5.41, 5.74) is 2.26. The van der Waals surface area contributed by atoms with E-state index in [-0.39, 0.29) is 12.5 Å². The van der Waals surface area contributed by atoms with Crippen molar-refractivity contribution in [3.05, 3.63) is 77.9 Å². The smallest absolute Gasteiger partial charge is 0.255 e. The van der Waals surface area contributed by atoms with Crippen molar-refractivity contribution in [2.45, 2.75) is 13.5 Å². The number of hydrogen-bond donors (Lipinski definition) is 1. The van der Waals surface area contributed by atoms with Crippen molar-refractivity contribution < 1.29 is 27.4 Å². The maximum absolute atomic E-state index is 12.7. The van der Waals surface area contributed by atoms with Gasteiger partial charge in [0.2, 0.25) is 10.0 Å². The van der Waals surface area contributed by atoms with Crippen LogP contribution in [0.5, 0.6) is 17.2 Å². The molecule has 0 saturated carbocycles. The topological polar surface area (TPSA) is 94.2 Å². The summed E-state index contributed by atoms with van der Waals surface area (Å²) in [5, 5.41) is 2.82. The third-order valence-corrected chi connectivity index (χ3v) is 6.16. The van der Waals surface area contributed by atoms with E-state index in [1.165, 1.54) is 11.4 Å². The molecule has 0 unspecified atom stereocenters. The van der Waals surface area contributed by atoms with E-state index < -0.39 is 10.0 Å². The lowest BCUT2D eigenvalue weighted by atomic mass is 10.1. The van der Waals surface area contributed by atoms with Crippen LogP contribution in [-0.2, 0) is 16.6 Å². The van der Waals surface area contributed by atoms with Crippen molar-refractivity contribution in [1.82, 2.24) is 0 Å². The number of hydrogen-bond acceptors (Lipinski definition) is 6. The van der Waals surface area contributed by atoms with Crippen molar-refractivity contribution in [3.63, 3.8) is 0 Å². The fraction of sp³-hybridized carbons (Fsp3) is 0.240. The molecule has 3 aromatic rings. The predicted octanol–water partition coefficient (Wildman–Crippen LogP) is 4.32. The van der Waals surface area contributed by atoms with Gasteiger partial charge in [-0.1, -0.05) is 12.1 Å². The van der Waals surface area contributed by atoms with Gasteiger partial charge in [-0.2, -0.15) is 0 Å². The van der Waals surface area contributed by atoms with E-state index in [4.69, 9.17) is 14.2 Å². The Kier molecular flexibility index (Phi) is 8.01. The van der Waals surface area contributed by atoms with E-state index in [2.05, 4.69) is 5.32 Å². The molecule has 0 heterocycles. The van der Waals surface area contributed by atoms with E-state index in [0.717, 1.165) is 11.8 Å². The van der Waals surface area contributed by atoms with E-state index in [0.29, 0.717) is 40.8 Å². The number of amides is 1. The Morgan fingerprint density at radius 1 is 0.912 bits per heavy atom. The Bertz CT molecular complexity index is 1230. The van der Waals surface area contributed by atoms with Gasteiger partial charge in [-0.15, -0.1) is 0 Å². The SMILES string of the molecule is CCOc1ccc(N(Cc2ccc(C(=O)Nc3ccc(OC)c(OC)c3)cc2)S(C)(=O)=O)cc1. The summed E-state index contributed by atoms with van der Waals surface area (Å²) in [6.45, 7) is 2.54. The quantitative estimate of drug-likeness (QED) is 0.461. The van der Waals surface area contributed by atoms with Crippen molar-refractivity contribution in [2.75, 3.05) is 36.7 Å². The molecule has 180 valence electrons. The van der Waals surface area contributed by atoms with Crippen molar-refractivity contribution in [1.29, 1.82) is 0 Å². The highest BCUT2D eigenvalue weighted by atomic mass is 32.2. The van der Waals surface area contributed by atoms with Gasteiger partial charge < -0.3 is 19.5 Å². The van der Waals surface area contributed by atoms with Crippen LogP contribution in [-0.4, -0.2) is 41.4 Å². The summed E-state index contributed by atoms with van der Waals surface area (Å²) in [4.78, 5) is 12.7. The Balaban J connectivity index is 1.73. The monoisotopic (exact) mass is 484 g/mol. The minimum absolute atomic E-state index is 0.129. The molecule has 1 amide bonds. The third-order valence-electron chi connectivity index (χ3n) is 5.02. The number of carbonyl (C=O) groups is 1. The molecule has 0 saturated heterocycles. The summed E-state index contributed by atoms with van der Waals surface area (Å²) in [6, 6.07) is 18.8. The van der Waals surface area contributed by atoms with Crippen LogP contribution >= 0.6 is 0 Å². The fourth-order valence-corrected chi connectivity index (χ4v) is 4.21. The Morgan fingerprint density at radius 2 is 1.56 bits per heavy atom. The average Bonchev–Trinajstić information content (AvgIpc) is 2.83. The van der Waals surface area contributed by atoms with Gasteiger partial charge in [0.05, 0.1) is 39.3 Å². The zero-order chi connectivity index (χ0) is 24.7. The van der Waals surface area contributed by atoms with Crippen molar-refractivity contribution >= 4 is 27.3 Å². The van der Waals surface area contributed by atoms with Crippen molar-refractivity contribution in [3.8, 4) is 17.2 Å². The highest BCUT2D eigenvalue weighted by Gasteiger charge is 2.18. The van der Waals surface area contributed by atoms with Crippen LogP contribution in [0.25, 0.3) is 0 Å². The van der Waals surface area contributed by atoms with Gasteiger partial charge in [-0.3, -0.25) is 9.10 Å². The number of nitrogens with zero attached hydrogens (tertiary/aromatic N) is 1. The summed E-state index contributed by atoms with van der Waals surface area (Å²) in [5.74, 6) is 1.44. The molecule has 0 radical (unpaired) electrons.